The summed E-state index contributed by atoms with van der Waals surface area (Å²) in [5.41, 5.74) is 2.83. The van der Waals surface area contributed by atoms with Gasteiger partial charge in [0.15, 0.2) is 0 Å². The van der Waals surface area contributed by atoms with E-state index in [9.17, 15) is 14.0 Å². The molecule has 1 aromatic rings. The van der Waals surface area contributed by atoms with Crippen molar-refractivity contribution < 1.29 is 19.2 Å². The predicted octanol–water partition coefficient (Wildman–Crippen LogP) is 0.827. The van der Waals surface area contributed by atoms with Crippen molar-refractivity contribution >= 4 is 18.0 Å². The summed E-state index contributed by atoms with van der Waals surface area (Å²) in [5.74, 6) is -1.95. The second-order valence-corrected chi connectivity index (χ2v) is 4.94. The van der Waals surface area contributed by atoms with Crippen molar-refractivity contribution in [2.24, 2.45) is 5.10 Å². The van der Waals surface area contributed by atoms with Gasteiger partial charge in [-0.3, -0.25) is 14.8 Å². The molecule has 0 spiro atoms. The first-order valence-corrected chi connectivity index (χ1v) is 6.66. The number of carbonyl (C=O) groups excluding carboxylic acids is 2. The number of allylic oxidation sites excluding steroid dienone is 2. The summed E-state index contributed by atoms with van der Waals surface area (Å²) in [5, 5.41) is 15.1. The summed E-state index contributed by atoms with van der Waals surface area (Å²) in [6.07, 6.45) is 7.90. The van der Waals surface area contributed by atoms with E-state index in [4.69, 9.17) is 5.21 Å². The zero-order valence-electron chi connectivity index (χ0n) is 12.2. The number of carbonyl (C=O) groups is 2. The standard InChI is InChI=1S/C15H15FN4O3/c1-15(6-2-3-7-17-15)14(22)19-18-9-11-5-4-10(8-12(11)16)13(21)20-23/h2-9,17,23H,1H3,(H,19,22)(H,20,21)/b18-9+. The van der Waals surface area contributed by atoms with E-state index in [0.29, 0.717) is 0 Å². The van der Waals surface area contributed by atoms with Crippen molar-refractivity contribution in [3.05, 3.63) is 59.6 Å². The maximum Gasteiger partial charge on any atom is 0.274 e. The lowest BCUT2D eigenvalue weighted by molar-refractivity contribution is -0.125. The largest absolute Gasteiger partial charge is 0.374 e. The smallest absolute Gasteiger partial charge is 0.274 e. The summed E-state index contributed by atoms with van der Waals surface area (Å²) >= 11 is 0. The van der Waals surface area contributed by atoms with E-state index in [0.717, 1.165) is 12.3 Å². The average molecular weight is 318 g/mol. The van der Waals surface area contributed by atoms with Gasteiger partial charge in [0.1, 0.15) is 11.4 Å². The summed E-state index contributed by atoms with van der Waals surface area (Å²) in [6, 6.07) is 3.57. The third kappa shape index (κ3) is 3.80. The molecule has 120 valence electrons. The third-order valence-corrected chi connectivity index (χ3v) is 3.23. The van der Waals surface area contributed by atoms with Gasteiger partial charge in [0, 0.05) is 11.1 Å². The molecule has 2 amide bonds. The fraction of sp³-hybridized carbons (Fsp3) is 0.133. The first kappa shape index (κ1) is 16.4. The Kier molecular flexibility index (Phi) is 4.87. The molecule has 0 saturated heterocycles. The fourth-order valence-electron chi connectivity index (χ4n) is 1.83. The highest BCUT2D eigenvalue weighted by atomic mass is 19.1. The number of benzene rings is 1. The number of nitrogens with one attached hydrogen (secondary N) is 3. The van der Waals surface area contributed by atoms with E-state index < -0.39 is 23.2 Å². The zero-order chi connectivity index (χ0) is 16.9. The van der Waals surface area contributed by atoms with Crippen LogP contribution >= 0.6 is 0 Å². The van der Waals surface area contributed by atoms with Gasteiger partial charge in [0.05, 0.1) is 6.21 Å². The van der Waals surface area contributed by atoms with Gasteiger partial charge in [-0.15, -0.1) is 0 Å². The molecule has 0 bridgehead atoms. The van der Waals surface area contributed by atoms with Crippen molar-refractivity contribution in [1.82, 2.24) is 16.2 Å². The van der Waals surface area contributed by atoms with E-state index >= 15 is 0 Å². The van der Waals surface area contributed by atoms with Gasteiger partial charge in [0.25, 0.3) is 11.8 Å². The number of hydrogen-bond donors (Lipinski definition) is 4. The number of hydrogen-bond acceptors (Lipinski definition) is 5. The molecule has 7 nitrogen and oxygen atoms in total. The highest BCUT2D eigenvalue weighted by molar-refractivity contribution is 5.94. The molecule has 0 saturated carbocycles. The van der Waals surface area contributed by atoms with Crippen molar-refractivity contribution in [3.63, 3.8) is 0 Å². The molecule has 1 unspecified atom stereocenters. The van der Waals surface area contributed by atoms with Crippen molar-refractivity contribution in [2.45, 2.75) is 12.5 Å². The lowest BCUT2D eigenvalue weighted by atomic mass is 9.99. The van der Waals surface area contributed by atoms with Crippen LogP contribution in [0.1, 0.15) is 22.8 Å². The Labute approximate surface area is 131 Å². The van der Waals surface area contributed by atoms with Gasteiger partial charge in [-0.1, -0.05) is 6.08 Å². The van der Waals surface area contributed by atoms with Gasteiger partial charge < -0.3 is 5.32 Å². The van der Waals surface area contributed by atoms with Gasteiger partial charge in [-0.25, -0.2) is 15.3 Å². The molecule has 1 aliphatic rings. The fourth-order valence-corrected chi connectivity index (χ4v) is 1.83. The molecule has 23 heavy (non-hydrogen) atoms. The highest BCUT2D eigenvalue weighted by Gasteiger charge is 2.29. The Morgan fingerprint density at radius 3 is 2.78 bits per heavy atom. The number of hydrazone groups is 1. The lowest BCUT2D eigenvalue weighted by Gasteiger charge is -2.25. The topological polar surface area (TPSA) is 103 Å². The van der Waals surface area contributed by atoms with Crippen LogP contribution in [0, 0.1) is 5.82 Å². The van der Waals surface area contributed by atoms with E-state index in [-0.39, 0.29) is 11.1 Å². The summed E-state index contributed by atoms with van der Waals surface area (Å²) < 4.78 is 13.8. The van der Waals surface area contributed by atoms with Gasteiger partial charge >= 0.3 is 0 Å². The van der Waals surface area contributed by atoms with E-state index in [1.807, 2.05) is 0 Å². The maximum atomic E-state index is 13.8. The molecular formula is C15H15FN4O3. The van der Waals surface area contributed by atoms with Gasteiger partial charge in [0.2, 0.25) is 0 Å². The molecule has 8 heteroatoms. The normalized spacial score (nSPS) is 19.4. The quantitative estimate of drug-likeness (QED) is 0.375. The average Bonchev–Trinajstić information content (AvgIpc) is 2.56. The molecular weight excluding hydrogens is 303 g/mol. The second kappa shape index (κ2) is 6.84. The van der Waals surface area contributed by atoms with Crippen molar-refractivity contribution in [3.8, 4) is 0 Å². The number of hydroxylamine groups is 1. The highest BCUT2D eigenvalue weighted by Crippen LogP contribution is 2.11. The Morgan fingerprint density at radius 2 is 2.17 bits per heavy atom. The minimum Gasteiger partial charge on any atom is -0.374 e. The van der Waals surface area contributed by atoms with E-state index in [1.54, 1.807) is 31.4 Å². The van der Waals surface area contributed by atoms with E-state index in [1.165, 1.54) is 17.6 Å². The first-order valence-electron chi connectivity index (χ1n) is 6.66. The lowest BCUT2D eigenvalue weighted by Crippen LogP contribution is -2.51. The third-order valence-electron chi connectivity index (χ3n) is 3.23. The second-order valence-electron chi connectivity index (χ2n) is 4.94. The molecule has 0 radical (unpaired) electrons. The Bertz CT molecular complexity index is 715. The van der Waals surface area contributed by atoms with Crippen LogP contribution in [0.15, 0.2) is 47.7 Å². The predicted molar refractivity (Wildman–Crippen MR) is 81.2 cm³/mol. The van der Waals surface area contributed by atoms with Crippen LogP contribution in [0.25, 0.3) is 0 Å². The number of nitrogens with zero attached hydrogens (tertiary/aromatic N) is 1. The van der Waals surface area contributed by atoms with Crippen LogP contribution in [0.4, 0.5) is 4.39 Å². The summed E-state index contributed by atoms with van der Waals surface area (Å²) in [7, 11) is 0. The van der Waals surface area contributed by atoms with Crippen LogP contribution in [0.3, 0.4) is 0 Å². The molecule has 0 aromatic heterocycles. The number of rotatable bonds is 4. The monoisotopic (exact) mass is 318 g/mol. The molecule has 1 aromatic carbocycles. The van der Waals surface area contributed by atoms with E-state index in [2.05, 4.69) is 15.8 Å². The van der Waals surface area contributed by atoms with Crippen LogP contribution in [0.5, 0.6) is 0 Å². The molecule has 2 rings (SSSR count). The maximum absolute atomic E-state index is 13.8. The molecule has 4 N–H and O–H groups in total. The van der Waals surface area contributed by atoms with Crippen LogP contribution in [0.2, 0.25) is 0 Å². The number of dihydropyridines is 1. The Hall–Kier alpha value is -3.00. The molecule has 1 atom stereocenters. The van der Waals surface area contributed by atoms with Crippen molar-refractivity contribution in [1.29, 1.82) is 0 Å². The van der Waals surface area contributed by atoms with Crippen LogP contribution in [-0.4, -0.2) is 28.8 Å². The summed E-state index contributed by atoms with van der Waals surface area (Å²) in [6.45, 7) is 1.67. The van der Waals surface area contributed by atoms with Gasteiger partial charge in [-0.2, -0.15) is 5.10 Å². The van der Waals surface area contributed by atoms with Crippen LogP contribution in [-0.2, 0) is 4.79 Å². The molecule has 1 heterocycles. The number of amides is 2. The zero-order valence-corrected chi connectivity index (χ0v) is 12.2. The molecule has 1 aliphatic heterocycles. The first-order chi connectivity index (χ1) is 11.0. The SMILES string of the molecule is CC1(C(=O)N/N=C/c2ccc(C(=O)NO)cc2F)C=CC=CN1. The summed E-state index contributed by atoms with van der Waals surface area (Å²) in [4.78, 5) is 23.2. The molecule has 0 aliphatic carbocycles. The van der Waals surface area contributed by atoms with Crippen molar-refractivity contribution in [2.75, 3.05) is 0 Å². The molecule has 0 fully saturated rings. The minimum atomic E-state index is -0.937. The Balaban J connectivity index is 2.03. The minimum absolute atomic E-state index is 0.0398. The van der Waals surface area contributed by atoms with Crippen LogP contribution < -0.4 is 16.2 Å². The Morgan fingerprint density at radius 1 is 1.39 bits per heavy atom. The van der Waals surface area contributed by atoms with Gasteiger partial charge in [-0.05, 0) is 43.5 Å². The number of halogens is 1.